The van der Waals surface area contributed by atoms with Gasteiger partial charge in [-0.3, -0.25) is 29.0 Å². The Labute approximate surface area is 503 Å². The molecule has 6 rings (SSSR count). The van der Waals surface area contributed by atoms with Gasteiger partial charge in [0.1, 0.15) is 34.8 Å². The highest BCUT2D eigenvalue weighted by molar-refractivity contribution is 6.19. The zero-order chi connectivity index (χ0) is 60.1. The molecule has 4 heterocycles. The average molecular weight is 1140 g/mol. The molecule has 0 bridgehead atoms. The number of fused-ring (bicyclic) bond motifs is 1. The van der Waals surface area contributed by atoms with Crippen molar-refractivity contribution in [2.75, 3.05) is 26.3 Å². The Hall–Kier alpha value is -7.44. The Kier molecular flexibility index (Phi) is 27.9. The number of benzene rings is 2. The molecule has 12 nitrogen and oxygen atoms in total. The van der Waals surface area contributed by atoms with Gasteiger partial charge in [0.25, 0.3) is 23.6 Å². The van der Waals surface area contributed by atoms with E-state index in [1.807, 2.05) is 61.3 Å². The van der Waals surface area contributed by atoms with Crippen LogP contribution in [0, 0.1) is 22.7 Å². The highest BCUT2D eigenvalue weighted by Gasteiger charge is 2.36. The van der Waals surface area contributed by atoms with Crippen LogP contribution in [0.15, 0.2) is 142 Å². The number of carbonyl (C=O) groups is 4. The normalized spacial score (nSPS) is 16.4. The number of imide groups is 2. The molecule has 2 aromatic rings. The third kappa shape index (κ3) is 19.3. The lowest BCUT2D eigenvalue weighted by Crippen LogP contribution is -2.43. The molecule has 2 aromatic carbocycles. The van der Waals surface area contributed by atoms with Crippen molar-refractivity contribution in [3.8, 4) is 23.6 Å². The maximum Gasteiger partial charge on any atom is 0.271 e. The first-order valence-electron chi connectivity index (χ1n) is 31.8. The lowest BCUT2D eigenvalue weighted by Gasteiger charge is -2.27. The Bertz CT molecular complexity index is 2790. The lowest BCUT2D eigenvalue weighted by molar-refractivity contribution is -0.142. The quantitative estimate of drug-likeness (QED) is 0.0367. The van der Waals surface area contributed by atoms with Gasteiger partial charge in [0, 0.05) is 60.2 Å². The monoisotopic (exact) mass is 1140 g/mol. The zero-order valence-corrected chi connectivity index (χ0v) is 51.6. The summed E-state index contributed by atoms with van der Waals surface area (Å²) in [4.78, 5) is 60.9. The summed E-state index contributed by atoms with van der Waals surface area (Å²) in [7, 11) is 0. The summed E-state index contributed by atoms with van der Waals surface area (Å²) in [5, 5.41) is 22.0. The molecule has 4 amide bonds. The maximum absolute atomic E-state index is 13.8. The van der Waals surface area contributed by atoms with Gasteiger partial charge in [-0.05, 0) is 133 Å². The van der Waals surface area contributed by atoms with E-state index in [4.69, 9.17) is 9.47 Å². The SMILES string of the molecule is CCCCCCCCCCCCN1C(=O)C(C#N)=C(C)/C(=C/C=C2C=CN(Cc3cc4cc(CN5C=CC(=C/C=C6\C(=O)N(CCCCCCCCCCCC)C(=O)C(C#N)=C6C)C=C5)c(OCCCC)cc4cc3OCCCC)C=C2)C1=O. The summed E-state index contributed by atoms with van der Waals surface area (Å²) in [6.45, 7) is 15.0. The van der Waals surface area contributed by atoms with Crippen molar-refractivity contribution in [3.63, 3.8) is 0 Å². The van der Waals surface area contributed by atoms with Crippen molar-refractivity contribution in [2.24, 2.45) is 0 Å². The molecule has 12 heteroatoms. The number of allylic oxidation sites excluding steroid dienone is 10. The van der Waals surface area contributed by atoms with Crippen molar-refractivity contribution in [1.82, 2.24) is 19.6 Å². The second-order valence-electron chi connectivity index (χ2n) is 22.9. The second-order valence-corrected chi connectivity index (χ2v) is 22.9. The number of hydrogen-bond acceptors (Lipinski definition) is 10. The van der Waals surface area contributed by atoms with Crippen LogP contribution < -0.4 is 9.47 Å². The van der Waals surface area contributed by atoms with Gasteiger partial charge >= 0.3 is 0 Å². The van der Waals surface area contributed by atoms with Gasteiger partial charge in [0.2, 0.25) is 0 Å². The molecule has 0 aromatic heterocycles. The van der Waals surface area contributed by atoms with E-state index in [1.54, 1.807) is 26.0 Å². The van der Waals surface area contributed by atoms with E-state index in [0.29, 0.717) is 61.7 Å². The summed E-state index contributed by atoms with van der Waals surface area (Å²) in [5.41, 5.74) is 5.36. The molecule has 0 saturated carbocycles. The number of hydrogen-bond donors (Lipinski definition) is 0. The number of ether oxygens (including phenoxy) is 2. The predicted octanol–water partition coefficient (Wildman–Crippen LogP) is 16.8. The van der Waals surface area contributed by atoms with E-state index in [1.165, 1.54) is 86.8 Å². The highest BCUT2D eigenvalue weighted by Crippen LogP contribution is 2.35. The average Bonchev–Trinajstić information content (AvgIpc) is 2.66. The van der Waals surface area contributed by atoms with E-state index in [2.05, 4.69) is 73.9 Å². The van der Waals surface area contributed by atoms with Crippen LogP contribution >= 0.6 is 0 Å². The number of rotatable bonds is 36. The van der Waals surface area contributed by atoms with E-state index < -0.39 is 11.8 Å². The molecule has 4 aliphatic rings. The summed E-state index contributed by atoms with van der Waals surface area (Å²) < 4.78 is 13.0. The second kappa shape index (κ2) is 35.6. The third-order valence-electron chi connectivity index (χ3n) is 16.3. The van der Waals surface area contributed by atoms with Crippen LogP contribution in [-0.2, 0) is 32.3 Å². The van der Waals surface area contributed by atoms with Gasteiger partial charge in [-0.15, -0.1) is 0 Å². The Morgan fingerprint density at radius 3 is 1.07 bits per heavy atom. The van der Waals surface area contributed by atoms with Crippen molar-refractivity contribution < 1.29 is 28.7 Å². The number of nitriles is 2. The van der Waals surface area contributed by atoms with E-state index in [0.717, 1.165) is 122 Å². The Morgan fingerprint density at radius 2 is 0.738 bits per heavy atom. The molecule has 0 N–H and O–H groups in total. The minimum absolute atomic E-state index is 0.0194. The van der Waals surface area contributed by atoms with Crippen molar-refractivity contribution in [3.05, 3.63) is 153 Å². The minimum Gasteiger partial charge on any atom is -0.493 e. The number of nitrogens with zero attached hydrogens (tertiary/aromatic N) is 6. The summed E-state index contributed by atoms with van der Waals surface area (Å²) in [6, 6.07) is 12.8. The van der Waals surface area contributed by atoms with Crippen molar-refractivity contribution in [2.45, 2.75) is 209 Å². The Balaban J connectivity index is 1.13. The fourth-order valence-electron chi connectivity index (χ4n) is 10.9. The molecule has 0 fully saturated rings. The van der Waals surface area contributed by atoms with Crippen LogP contribution in [0.2, 0.25) is 0 Å². The first-order valence-corrected chi connectivity index (χ1v) is 31.8. The van der Waals surface area contributed by atoms with E-state index >= 15 is 0 Å². The molecule has 84 heavy (non-hydrogen) atoms. The molecular formula is C72H94N6O6. The van der Waals surface area contributed by atoms with Crippen LogP contribution in [0.5, 0.6) is 11.5 Å². The van der Waals surface area contributed by atoms with Gasteiger partial charge < -0.3 is 19.3 Å². The van der Waals surface area contributed by atoms with Crippen LogP contribution in [0.25, 0.3) is 10.8 Å². The van der Waals surface area contributed by atoms with E-state index in [-0.39, 0.29) is 23.0 Å². The summed E-state index contributed by atoms with van der Waals surface area (Å²) in [6.07, 6.45) is 50.0. The molecular weight excluding hydrogens is 1040 g/mol. The van der Waals surface area contributed by atoms with Crippen molar-refractivity contribution >= 4 is 34.4 Å². The molecule has 0 radical (unpaired) electrons. The van der Waals surface area contributed by atoms with Crippen LogP contribution in [-0.4, -0.2) is 69.5 Å². The van der Waals surface area contributed by atoms with Crippen molar-refractivity contribution in [1.29, 1.82) is 10.5 Å². The van der Waals surface area contributed by atoms with Gasteiger partial charge in [0.05, 0.1) is 26.3 Å². The molecule has 4 aliphatic heterocycles. The minimum atomic E-state index is -0.505. The predicted molar refractivity (Wildman–Crippen MR) is 338 cm³/mol. The maximum atomic E-state index is 13.8. The van der Waals surface area contributed by atoms with Gasteiger partial charge in [0.15, 0.2) is 0 Å². The molecule has 0 spiro atoms. The zero-order valence-electron chi connectivity index (χ0n) is 51.6. The number of amides is 4. The van der Waals surface area contributed by atoms with Gasteiger partial charge in [-0.2, -0.15) is 10.5 Å². The molecule has 0 saturated heterocycles. The fraction of sp³-hybridized carbons (Fsp3) is 0.500. The van der Waals surface area contributed by atoms with E-state index in [9.17, 15) is 29.7 Å². The molecule has 0 unspecified atom stereocenters. The molecule has 0 atom stereocenters. The lowest BCUT2D eigenvalue weighted by atomic mass is 9.94. The third-order valence-corrected chi connectivity index (χ3v) is 16.3. The van der Waals surface area contributed by atoms with Crippen LogP contribution in [0.1, 0.15) is 207 Å². The smallest absolute Gasteiger partial charge is 0.271 e. The fourth-order valence-corrected chi connectivity index (χ4v) is 10.9. The number of carbonyl (C=O) groups excluding carboxylic acids is 4. The summed E-state index contributed by atoms with van der Waals surface area (Å²) in [5.74, 6) is -0.0965. The topological polar surface area (TPSA) is 147 Å². The largest absolute Gasteiger partial charge is 0.493 e. The first kappa shape index (κ1) is 65.7. The number of unbranched alkanes of at least 4 members (excludes halogenated alkanes) is 20. The van der Waals surface area contributed by atoms with Gasteiger partial charge in [-0.25, -0.2) is 0 Å². The van der Waals surface area contributed by atoms with Crippen LogP contribution in [0.3, 0.4) is 0 Å². The van der Waals surface area contributed by atoms with Gasteiger partial charge in [-0.1, -0.05) is 168 Å². The summed E-state index contributed by atoms with van der Waals surface area (Å²) >= 11 is 0. The molecule has 0 aliphatic carbocycles. The highest BCUT2D eigenvalue weighted by atomic mass is 16.5. The Morgan fingerprint density at radius 1 is 0.417 bits per heavy atom. The standard InChI is InChI=1S/C72H94N6O6/c1-7-11-15-17-19-21-23-25-27-29-39-77-69(79)63(55(5)65(51-73)71(77)81)33-31-57-35-41-75(42-36-57)53-61-47-59-48-62(68(84-46-14-10-4)50-60(59)49-67(61)83-45-13-9-3)54-76-43-37-58(38-44-76)32-34-64-56(6)66(52-74)72(82)78(70(64)80)40-30-28-26-24-22-20-18-16-12-8-2/h31-38,41-44,47-50H,7-30,39-40,45-46,53-54H2,1-6H3/b63-33-,64-34-. The molecule has 448 valence electrons. The van der Waals surface area contributed by atoms with Crippen LogP contribution in [0.4, 0.5) is 0 Å². The first-order chi connectivity index (χ1) is 41.0.